The Morgan fingerprint density at radius 2 is 2.00 bits per heavy atom. The molecule has 0 saturated carbocycles. The van der Waals surface area contributed by atoms with Crippen molar-refractivity contribution >= 4 is 43.7 Å². The summed E-state index contributed by atoms with van der Waals surface area (Å²) in [5.74, 6) is -0.470. The predicted molar refractivity (Wildman–Crippen MR) is 84.8 cm³/mol. The number of hydrogen-bond donors (Lipinski definition) is 1. The molecule has 1 N–H and O–H groups in total. The molecule has 3 heterocycles. The molecule has 0 atom stereocenters. The Morgan fingerprint density at radius 1 is 1.23 bits per heavy atom. The lowest BCUT2D eigenvalue weighted by Crippen LogP contribution is -2.36. The highest BCUT2D eigenvalue weighted by atomic mass is 32.2. The first-order valence-electron chi connectivity index (χ1n) is 6.74. The molecule has 7 nitrogen and oxygen atoms in total. The first-order valence-corrected chi connectivity index (χ1v) is 9.94. The van der Waals surface area contributed by atoms with Gasteiger partial charge in [-0.05, 0) is 24.3 Å². The second-order valence-corrected chi connectivity index (χ2v) is 8.43. The summed E-state index contributed by atoms with van der Waals surface area (Å²) >= 11 is 2.29. The molecule has 0 radical (unpaired) electrons. The number of carbonyl (C=O) groups is 1. The number of hydrogen-bond acceptors (Lipinski definition) is 7. The highest BCUT2D eigenvalue weighted by Gasteiger charge is 2.31. The molecular formula is C12H14N4O3S3. The molecular weight excluding hydrogens is 344 g/mol. The van der Waals surface area contributed by atoms with Crippen molar-refractivity contribution in [2.75, 3.05) is 18.4 Å². The number of piperidine rings is 1. The van der Waals surface area contributed by atoms with Gasteiger partial charge >= 0.3 is 0 Å². The average Bonchev–Trinajstić information content (AvgIpc) is 3.19. The quantitative estimate of drug-likeness (QED) is 0.903. The molecule has 1 aliphatic heterocycles. The fourth-order valence-corrected chi connectivity index (χ4v) is 5.54. The second-order valence-electron chi connectivity index (χ2n) is 4.78. The molecule has 3 rings (SSSR count). The largest absolute Gasteiger partial charge is 0.296 e. The van der Waals surface area contributed by atoms with Crippen LogP contribution in [0.4, 0.5) is 5.13 Å². The van der Waals surface area contributed by atoms with Gasteiger partial charge in [0.2, 0.25) is 15.2 Å². The molecule has 0 spiro atoms. The second kappa shape index (κ2) is 6.41. The van der Waals surface area contributed by atoms with E-state index in [0.717, 1.165) is 30.6 Å². The molecule has 1 aliphatic rings. The smallest absolute Gasteiger partial charge is 0.268 e. The van der Waals surface area contributed by atoms with Crippen LogP contribution < -0.4 is 5.32 Å². The minimum Gasteiger partial charge on any atom is -0.296 e. The van der Waals surface area contributed by atoms with Crippen molar-refractivity contribution in [1.82, 2.24) is 14.5 Å². The van der Waals surface area contributed by atoms with Crippen molar-refractivity contribution in [3.05, 3.63) is 21.8 Å². The summed E-state index contributed by atoms with van der Waals surface area (Å²) < 4.78 is 26.9. The van der Waals surface area contributed by atoms with E-state index in [1.165, 1.54) is 27.2 Å². The van der Waals surface area contributed by atoms with Crippen LogP contribution in [0.2, 0.25) is 0 Å². The van der Waals surface area contributed by atoms with Crippen LogP contribution >= 0.6 is 22.7 Å². The first kappa shape index (κ1) is 15.5. The van der Waals surface area contributed by atoms with Crippen LogP contribution in [0.1, 0.15) is 28.9 Å². The molecule has 118 valence electrons. The highest BCUT2D eigenvalue weighted by Crippen LogP contribution is 2.28. The zero-order valence-electron chi connectivity index (χ0n) is 11.6. The molecule has 1 fully saturated rings. The number of anilines is 1. The number of thiophene rings is 1. The average molecular weight is 358 g/mol. The Bertz CT molecular complexity index is 748. The molecule has 0 bridgehead atoms. The van der Waals surface area contributed by atoms with Gasteiger partial charge in [-0.2, -0.15) is 4.31 Å². The van der Waals surface area contributed by atoms with Crippen molar-refractivity contribution in [3.8, 4) is 0 Å². The Balaban J connectivity index is 1.86. The summed E-state index contributed by atoms with van der Waals surface area (Å²) in [6.45, 7) is 1.02. The van der Waals surface area contributed by atoms with E-state index in [2.05, 4.69) is 15.5 Å². The number of nitrogens with zero attached hydrogens (tertiary/aromatic N) is 3. The van der Waals surface area contributed by atoms with Crippen molar-refractivity contribution < 1.29 is 13.2 Å². The fraction of sp³-hybridized carbons (Fsp3) is 0.417. The van der Waals surface area contributed by atoms with Crippen LogP contribution in [-0.2, 0) is 10.0 Å². The molecule has 10 heteroatoms. The number of carbonyl (C=O) groups excluding carboxylic acids is 1. The van der Waals surface area contributed by atoms with E-state index in [-0.39, 0.29) is 9.77 Å². The summed E-state index contributed by atoms with van der Waals surface area (Å²) in [5, 5.41) is 11.9. The van der Waals surface area contributed by atoms with Gasteiger partial charge in [0.05, 0.1) is 0 Å². The van der Waals surface area contributed by atoms with E-state index < -0.39 is 15.9 Å². The number of amides is 1. The number of rotatable bonds is 4. The molecule has 0 aliphatic carbocycles. The predicted octanol–water partition coefficient (Wildman–Crippen LogP) is 2.03. The fourth-order valence-electron chi connectivity index (χ4n) is 2.29. The Labute approximate surface area is 136 Å². The standard InChI is InChI=1S/C12H14N4O3S3/c17-11(14-12-15-13-8-21-12)10-9(4-7-20-10)22(18,19)16-5-2-1-3-6-16/h4,7-8H,1-3,5-6H2,(H,14,15,17). The Morgan fingerprint density at radius 3 is 2.68 bits per heavy atom. The van der Waals surface area contributed by atoms with Gasteiger partial charge in [0, 0.05) is 13.1 Å². The van der Waals surface area contributed by atoms with Gasteiger partial charge in [-0.1, -0.05) is 17.8 Å². The van der Waals surface area contributed by atoms with E-state index in [4.69, 9.17) is 0 Å². The van der Waals surface area contributed by atoms with Gasteiger partial charge in [-0.25, -0.2) is 8.42 Å². The third kappa shape index (κ3) is 3.05. The van der Waals surface area contributed by atoms with Gasteiger partial charge in [-0.3, -0.25) is 10.1 Å². The lowest BCUT2D eigenvalue weighted by Gasteiger charge is -2.25. The topological polar surface area (TPSA) is 92.3 Å². The number of aromatic nitrogens is 2. The lowest BCUT2D eigenvalue weighted by molar-refractivity contribution is 0.102. The van der Waals surface area contributed by atoms with Gasteiger partial charge < -0.3 is 0 Å². The monoisotopic (exact) mass is 358 g/mol. The van der Waals surface area contributed by atoms with Crippen LogP contribution in [0.3, 0.4) is 0 Å². The minimum absolute atomic E-state index is 0.0708. The molecule has 2 aromatic heterocycles. The van der Waals surface area contributed by atoms with Gasteiger partial charge in [0.1, 0.15) is 15.3 Å². The summed E-state index contributed by atoms with van der Waals surface area (Å²) in [7, 11) is -3.62. The summed E-state index contributed by atoms with van der Waals surface area (Å²) in [6, 6.07) is 1.49. The molecule has 1 saturated heterocycles. The van der Waals surface area contributed by atoms with E-state index in [1.807, 2.05) is 0 Å². The summed E-state index contributed by atoms with van der Waals surface area (Å²) in [6.07, 6.45) is 2.76. The Kier molecular flexibility index (Phi) is 4.52. The van der Waals surface area contributed by atoms with Crippen molar-refractivity contribution in [3.63, 3.8) is 0 Å². The zero-order chi connectivity index (χ0) is 15.6. The van der Waals surface area contributed by atoms with E-state index >= 15 is 0 Å². The third-order valence-electron chi connectivity index (χ3n) is 3.35. The third-order valence-corrected chi connectivity index (χ3v) is 6.94. The minimum atomic E-state index is -3.62. The van der Waals surface area contributed by atoms with Crippen molar-refractivity contribution in [2.45, 2.75) is 24.2 Å². The van der Waals surface area contributed by atoms with E-state index in [9.17, 15) is 13.2 Å². The maximum Gasteiger partial charge on any atom is 0.268 e. The van der Waals surface area contributed by atoms with Gasteiger partial charge in [-0.15, -0.1) is 21.5 Å². The maximum absolute atomic E-state index is 12.7. The number of nitrogens with one attached hydrogen (secondary N) is 1. The molecule has 0 aromatic carbocycles. The van der Waals surface area contributed by atoms with E-state index in [0.29, 0.717) is 18.2 Å². The molecule has 1 amide bonds. The molecule has 2 aromatic rings. The van der Waals surface area contributed by atoms with Gasteiger partial charge in [0.15, 0.2) is 0 Å². The first-order chi connectivity index (χ1) is 10.6. The lowest BCUT2D eigenvalue weighted by atomic mass is 10.2. The molecule has 0 unspecified atom stereocenters. The van der Waals surface area contributed by atoms with Crippen LogP contribution in [0.5, 0.6) is 0 Å². The number of sulfonamides is 1. The van der Waals surface area contributed by atoms with Crippen LogP contribution in [0.15, 0.2) is 21.9 Å². The summed E-state index contributed by atoms with van der Waals surface area (Å²) in [4.78, 5) is 12.5. The summed E-state index contributed by atoms with van der Waals surface area (Å²) in [5.41, 5.74) is 1.50. The zero-order valence-corrected chi connectivity index (χ0v) is 14.0. The van der Waals surface area contributed by atoms with E-state index in [1.54, 1.807) is 5.38 Å². The SMILES string of the molecule is O=C(Nc1nncs1)c1sccc1S(=O)(=O)N1CCCCC1. The van der Waals surface area contributed by atoms with Gasteiger partial charge in [0.25, 0.3) is 5.91 Å². The Hall–Kier alpha value is -1.36. The maximum atomic E-state index is 12.7. The normalized spacial score (nSPS) is 16.5. The van der Waals surface area contributed by atoms with Crippen molar-refractivity contribution in [2.24, 2.45) is 0 Å². The van der Waals surface area contributed by atoms with Crippen LogP contribution in [0, 0.1) is 0 Å². The molecule has 22 heavy (non-hydrogen) atoms. The van der Waals surface area contributed by atoms with Crippen LogP contribution in [-0.4, -0.2) is 41.9 Å². The van der Waals surface area contributed by atoms with Crippen LogP contribution in [0.25, 0.3) is 0 Å². The van der Waals surface area contributed by atoms with Crippen molar-refractivity contribution in [1.29, 1.82) is 0 Å². The highest BCUT2D eigenvalue weighted by molar-refractivity contribution is 7.89.